The van der Waals surface area contributed by atoms with Crippen LogP contribution in [0.5, 0.6) is 0 Å². The van der Waals surface area contributed by atoms with Gasteiger partial charge in [-0.25, -0.2) is 8.78 Å². The maximum atomic E-state index is 14.3. The molecular weight excluding hydrogens is 334 g/mol. The molecule has 0 bridgehead atoms. The van der Waals surface area contributed by atoms with Gasteiger partial charge in [-0.3, -0.25) is 4.79 Å². The molecule has 4 rings (SSSR count). The highest BCUT2D eigenvalue weighted by molar-refractivity contribution is 5.85. The van der Waals surface area contributed by atoms with Crippen LogP contribution in [0.4, 0.5) is 8.78 Å². The van der Waals surface area contributed by atoms with Gasteiger partial charge in [0.25, 0.3) is 0 Å². The van der Waals surface area contributed by atoms with E-state index in [1.807, 2.05) is 24.0 Å². The van der Waals surface area contributed by atoms with Gasteiger partial charge < -0.3 is 10.6 Å². The monoisotopic (exact) mass is 356 g/mol. The van der Waals surface area contributed by atoms with Crippen molar-refractivity contribution >= 4 is 5.91 Å². The van der Waals surface area contributed by atoms with E-state index in [9.17, 15) is 13.6 Å². The van der Waals surface area contributed by atoms with Crippen molar-refractivity contribution in [1.29, 1.82) is 0 Å². The molecule has 2 aliphatic rings. The summed E-state index contributed by atoms with van der Waals surface area (Å²) in [5, 5.41) is 0. The molecule has 1 heterocycles. The number of halogens is 2. The summed E-state index contributed by atoms with van der Waals surface area (Å²) in [6.45, 7) is 2.61. The lowest BCUT2D eigenvalue weighted by molar-refractivity contribution is -0.133. The molecule has 2 aromatic rings. The Morgan fingerprint density at radius 3 is 2.42 bits per heavy atom. The molecule has 4 atom stereocenters. The Labute approximate surface area is 151 Å². The summed E-state index contributed by atoms with van der Waals surface area (Å²) in [5.41, 5.74) is 7.34. The van der Waals surface area contributed by atoms with Crippen LogP contribution in [0.15, 0.2) is 42.5 Å². The van der Waals surface area contributed by atoms with Gasteiger partial charge in [-0.05, 0) is 48.9 Å². The number of amides is 1. The third-order valence-electron chi connectivity index (χ3n) is 5.59. The van der Waals surface area contributed by atoms with Gasteiger partial charge in [0.05, 0.1) is 5.56 Å². The van der Waals surface area contributed by atoms with Gasteiger partial charge in [0.15, 0.2) is 0 Å². The number of carbonyl (C=O) groups excluding carboxylic acids is 1. The summed E-state index contributed by atoms with van der Waals surface area (Å²) in [5.74, 6) is -1.18. The number of likely N-dealkylation sites (tertiary alicyclic amines) is 1. The fraction of sp³-hybridized carbons (Fsp3) is 0.381. The molecule has 1 saturated carbocycles. The average Bonchev–Trinajstić information content (AvgIpc) is 3.33. The van der Waals surface area contributed by atoms with Gasteiger partial charge in [-0.15, -0.1) is 0 Å². The highest BCUT2D eigenvalue weighted by atomic mass is 19.1. The number of hydrogen-bond acceptors (Lipinski definition) is 2. The summed E-state index contributed by atoms with van der Waals surface area (Å²) >= 11 is 0. The smallest absolute Gasteiger partial charge is 0.226 e. The summed E-state index contributed by atoms with van der Waals surface area (Å²) in [6.07, 6.45) is 1.53. The first-order valence-electron chi connectivity index (χ1n) is 9.06. The molecule has 1 saturated heterocycles. The standard InChI is InChI=1S/C21H22F2N2O/c1-12-9-13(24)11-25(12)21(26)17-10-16(17)14-5-2-3-6-15(14)20-18(22)7-4-8-19(20)23/h2-8,12-13,16-17H,9-11,24H2,1H3/t12-,13-,16-,17+/m0/s1. The molecule has 2 aromatic carbocycles. The van der Waals surface area contributed by atoms with Crippen LogP contribution >= 0.6 is 0 Å². The number of carbonyl (C=O) groups is 1. The van der Waals surface area contributed by atoms with Crippen LogP contribution in [0.1, 0.15) is 31.2 Å². The lowest BCUT2D eigenvalue weighted by atomic mass is 9.95. The number of hydrogen-bond donors (Lipinski definition) is 1. The van der Waals surface area contributed by atoms with E-state index >= 15 is 0 Å². The zero-order valence-electron chi connectivity index (χ0n) is 14.7. The Hall–Kier alpha value is -2.27. The van der Waals surface area contributed by atoms with Crippen molar-refractivity contribution in [1.82, 2.24) is 4.90 Å². The van der Waals surface area contributed by atoms with E-state index < -0.39 is 11.6 Å². The second-order valence-electron chi connectivity index (χ2n) is 7.47. The van der Waals surface area contributed by atoms with Gasteiger partial charge in [0.1, 0.15) is 11.6 Å². The fourth-order valence-electron chi connectivity index (χ4n) is 4.21. The van der Waals surface area contributed by atoms with Gasteiger partial charge in [-0.1, -0.05) is 30.3 Å². The van der Waals surface area contributed by atoms with Crippen LogP contribution in [-0.2, 0) is 4.79 Å². The number of benzene rings is 2. The van der Waals surface area contributed by atoms with Gasteiger partial charge >= 0.3 is 0 Å². The quantitative estimate of drug-likeness (QED) is 0.912. The van der Waals surface area contributed by atoms with Crippen molar-refractivity contribution in [3.05, 3.63) is 59.7 Å². The third kappa shape index (κ3) is 2.90. The van der Waals surface area contributed by atoms with Crippen molar-refractivity contribution in [2.24, 2.45) is 11.7 Å². The molecule has 3 nitrogen and oxygen atoms in total. The Bertz CT molecular complexity index is 833. The van der Waals surface area contributed by atoms with Crippen molar-refractivity contribution in [2.45, 2.75) is 37.8 Å². The molecule has 1 aliphatic carbocycles. The number of rotatable bonds is 3. The minimum absolute atomic E-state index is 0.00160. The topological polar surface area (TPSA) is 46.3 Å². The van der Waals surface area contributed by atoms with Crippen molar-refractivity contribution < 1.29 is 13.6 Å². The molecule has 2 fully saturated rings. The van der Waals surface area contributed by atoms with Crippen molar-refractivity contribution in [3.63, 3.8) is 0 Å². The van der Waals surface area contributed by atoms with Crippen molar-refractivity contribution in [3.8, 4) is 11.1 Å². The average molecular weight is 356 g/mol. The third-order valence-corrected chi connectivity index (χ3v) is 5.59. The van der Waals surface area contributed by atoms with Gasteiger partial charge in [0.2, 0.25) is 5.91 Å². The summed E-state index contributed by atoms with van der Waals surface area (Å²) < 4.78 is 28.5. The Balaban J connectivity index is 1.62. The largest absolute Gasteiger partial charge is 0.338 e. The van der Waals surface area contributed by atoms with Crippen LogP contribution in [0, 0.1) is 17.6 Å². The molecule has 1 amide bonds. The van der Waals surface area contributed by atoms with E-state index in [1.165, 1.54) is 18.2 Å². The molecule has 0 aromatic heterocycles. The number of nitrogens with zero attached hydrogens (tertiary/aromatic N) is 1. The first kappa shape index (κ1) is 17.2. The van der Waals surface area contributed by atoms with E-state index in [1.54, 1.807) is 12.1 Å². The Morgan fingerprint density at radius 2 is 1.77 bits per heavy atom. The van der Waals surface area contributed by atoms with Crippen LogP contribution in [-0.4, -0.2) is 29.4 Å². The van der Waals surface area contributed by atoms with E-state index in [0.717, 1.165) is 12.0 Å². The zero-order chi connectivity index (χ0) is 18.4. The lowest BCUT2D eigenvalue weighted by Crippen LogP contribution is -2.36. The molecule has 5 heteroatoms. The lowest BCUT2D eigenvalue weighted by Gasteiger charge is -2.21. The minimum Gasteiger partial charge on any atom is -0.338 e. The maximum Gasteiger partial charge on any atom is 0.226 e. The predicted octanol–water partition coefficient (Wildman–Crippen LogP) is 3.68. The molecule has 2 N–H and O–H groups in total. The van der Waals surface area contributed by atoms with E-state index in [4.69, 9.17) is 5.73 Å². The first-order valence-corrected chi connectivity index (χ1v) is 9.06. The van der Waals surface area contributed by atoms with Crippen LogP contribution in [0.2, 0.25) is 0 Å². The fourth-order valence-corrected chi connectivity index (χ4v) is 4.21. The molecular formula is C21H22F2N2O. The number of nitrogens with two attached hydrogens (primary N) is 1. The zero-order valence-corrected chi connectivity index (χ0v) is 14.7. The molecule has 0 unspecified atom stereocenters. The first-order chi connectivity index (χ1) is 12.5. The second kappa shape index (κ2) is 6.47. The van der Waals surface area contributed by atoms with Crippen LogP contribution < -0.4 is 5.73 Å². The van der Waals surface area contributed by atoms with Gasteiger partial charge in [0, 0.05) is 24.5 Å². The predicted molar refractivity (Wildman–Crippen MR) is 96.4 cm³/mol. The summed E-state index contributed by atoms with van der Waals surface area (Å²) in [4.78, 5) is 14.7. The molecule has 136 valence electrons. The minimum atomic E-state index is -0.583. The Kier molecular flexibility index (Phi) is 4.27. The van der Waals surface area contributed by atoms with E-state index in [0.29, 0.717) is 18.5 Å². The molecule has 26 heavy (non-hydrogen) atoms. The van der Waals surface area contributed by atoms with E-state index in [-0.39, 0.29) is 35.4 Å². The highest BCUT2D eigenvalue weighted by Crippen LogP contribution is 2.52. The second-order valence-corrected chi connectivity index (χ2v) is 7.47. The van der Waals surface area contributed by atoms with Crippen LogP contribution in [0.25, 0.3) is 11.1 Å². The summed E-state index contributed by atoms with van der Waals surface area (Å²) in [7, 11) is 0. The highest BCUT2D eigenvalue weighted by Gasteiger charge is 2.48. The molecule has 0 spiro atoms. The van der Waals surface area contributed by atoms with Crippen molar-refractivity contribution in [2.75, 3.05) is 6.54 Å². The molecule has 0 radical (unpaired) electrons. The Morgan fingerprint density at radius 1 is 1.08 bits per heavy atom. The van der Waals surface area contributed by atoms with E-state index in [2.05, 4.69) is 0 Å². The van der Waals surface area contributed by atoms with Crippen LogP contribution in [0.3, 0.4) is 0 Å². The van der Waals surface area contributed by atoms with Gasteiger partial charge in [-0.2, -0.15) is 0 Å². The maximum absolute atomic E-state index is 14.3. The summed E-state index contributed by atoms with van der Waals surface area (Å²) in [6, 6.07) is 11.3. The normalized spacial score (nSPS) is 27.6. The SMILES string of the molecule is C[C@H]1C[C@H](N)CN1C(=O)[C@@H]1C[C@H]1c1ccccc1-c1c(F)cccc1F. The molecule has 1 aliphatic heterocycles.